The van der Waals surface area contributed by atoms with Crippen LogP contribution in [0.3, 0.4) is 0 Å². The van der Waals surface area contributed by atoms with Gasteiger partial charge in [0.2, 0.25) is 5.89 Å². The Kier molecular flexibility index (Phi) is 4.48. The molecule has 1 atom stereocenters. The van der Waals surface area contributed by atoms with E-state index in [0.29, 0.717) is 35.0 Å². The smallest absolute Gasteiger partial charge is 0.255 e. The molecule has 0 bridgehead atoms. The molecule has 2 heterocycles. The Morgan fingerprint density at radius 1 is 1.19 bits per heavy atom. The molecule has 0 saturated heterocycles. The van der Waals surface area contributed by atoms with Gasteiger partial charge in [0.15, 0.2) is 0 Å². The first-order valence-corrected chi connectivity index (χ1v) is 10.5. The first kappa shape index (κ1) is 19.9. The molecule has 5 rings (SSSR count). The molecular weight excluding hydrogens is 397 g/mol. The Morgan fingerprint density at radius 3 is 2.58 bits per heavy atom. The predicted octanol–water partition coefficient (Wildman–Crippen LogP) is 4.36. The second kappa shape index (κ2) is 6.99. The quantitative estimate of drug-likeness (QED) is 0.662. The van der Waals surface area contributed by atoms with Gasteiger partial charge in [-0.3, -0.25) is 4.79 Å². The minimum Gasteiger partial charge on any atom is -0.421 e. The van der Waals surface area contributed by atoms with Gasteiger partial charge in [0, 0.05) is 13.5 Å². The van der Waals surface area contributed by atoms with E-state index in [2.05, 4.69) is 10.2 Å². The van der Waals surface area contributed by atoms with Crippen LogP contribution in [-0.2, 0) is 6.54 Å². The van der Waals surface area contributed by atoms with Crippen molar-refractivity contribution in [2.24, 2.45) is 5.92 Å². The van der Waals surface area contributed by atoms with Gasteiger partial charge in [-0.2, -0.15) is 0 Å². The van der Waals surface area contributed by atoms with Crippen LogP contribution in [0.4, 0.5) is 4.39 Å². The first-order valence-electron chi connectivity index (χ1n) is 10.5. The molecular formula is C24H24FN3O3. The second-order valence-electron chi connectivity index (χ2n) is 9.03. The highest BCUT2D eigenvalue weighted by Crippen LogP contribution is 2.44. The van der Waals surface area contributed by atoms with E-state index in [1.54, 1.807) is 37.8 Å². The number of carbonyl (C=O) groups excluding carboxylic acids is 1. The number of hydrogen-bond acceptors (Lipinski definition) is 5. The zero-order valence-corrected chi connectivity index (χ0v) is 17.7. The summed E-state index contributed by atoms with van der Waals surface area (Å²) in [6.45, 7) is 5.63. The van der Waals surface area contributed by atoms with Gasteiger partial charge in [0.1, 0.15) is 5.82 Å². The Hall–Kier alpha value is -3.06. The maximum absolute atomic E-state index is 14.9. The maximum atomic E-state index is 14.9. The minimum absolute atomic E-state index is 0.110. The standard InChI is InChI=1S/C24H24FN3O3/c1-13-26-27-22(31-13)18-10-9-15(11-19(18)25)17-6-4-5-16-12-28(23(29)20(16)17)21(14-7-8-14)24(2,3)30/h4-6,9-11,14,21,30H,7-8,12H2,1-3H3. The molecule has 1 saturated carbocycles. The van der Waals surface area contributed by atoms with Crippen LogP contribution in [0, 0.1) is 18.7 Å². The van der Waals surface area contributed by atoms with Crippen LogP contribution in [-0.4, -0.2) is 37.8 Å². The number of aliphatic hydroxyl groups is 1. The number of aromatic nitrogens is 2. The molecule has 1 amide bonds. The molecule has 1 aliphatic heterocycles. The third-order valence-electron chi connectivity index (χ3n) is 6.13. The average Bonchev–Trinajstić information content (AvgIpc) is 3.35. The van der Waals surface area contributed by atoms with Gasteiger partial charge < -0.3 is 14.4 Å². The van der Waals surface area contributed by atoms with Crippen molar-refractivity contribution in [2.45, 2.75) is 51.8 Å². The van der Waals surface area contributed by atoms with Crippen molar-refractivity contribution in [3.63, 3.8) is 0 Å². The molecule has 31 heavy (non-hydrogen) atoms. The molecule has 160 valence electrons. The van der Waals surface area contributed by atoms with Gasteiger partial charge in [-0.15, -0.1) is 10.2 Å². The number of hydrogen-bond donors (Lipinski definition) is 1. The third-order valence-corrected chi connectivity index (χ3v) is 6.13. The Balaban J connectivity index is 1.53. The maximum Gasteiger partial charge on any atom is 0.255 e. The number of nitrogens with zero attached hydrogens (tertiary/aromatic N) is 3. The summed E-state index contributed by atoms with van der Waals surface area (Å²) in [5.74, 6) is 0.202. The minimum atomic E-state index is -0.991. The van der Waals surface area contributed by atoms with Crippen molar-refractivity contribution in [1.29, 1.82) is 0 Å². The molecule has 0 radical (unpaired) electrons. The number of aryl methyl sites for hydroxylation is 1. The van der Waals surface area contributed by atoms with Gasteiger partial charge in [0.25, 0.3) is 11.8 Å². The van der Waals surface area contributed by atoms with Crippen LogP contribution in [0.2, 0.25) is 0 Å². The van der Waals surface area contributed by atoms with Crippen LogP contribution in [0.1, 0.15) is 48.5 Å². The summed E-state index contributed by atoms with van der Waals surface area (Å²) in [4.78, 5) is 15.3. The average molecular weight is 421 g/mol. The molecule has 1 fully saturated rings. The number of amides is 1. The normalized spacial score (nSPS) is 17.2. The van der Waals surface area contributed by atoms with Gasteiger partial charge in [0.05, 0.1) is 22.8 Å². The summed E-state index contributed by atoms with van der Waals surface area (Å²) in [6, 6.07) is 10.2. The van der Waals surface area contributed by atoms with E-state index >= 15 is 0 Å². The predicted molar refractivity (Wildman–Crippen MR) is 113 cm³/mol. The summed E-state index contributed by atoms with van der Waals surface area (Å²) in [6.07, 6.45) is 2.03. The summed E-state index contributed by atoms with van der Waals surface area (Å²) in [7, 11) is 0. The molecule has 7 heteroatoms. The zero-order valence-electron chi connectivity index (χ0n) is 17.7. The number of halogens is 1. The molecule has 1 N–H and O–H groups in total. The number of rotatable bonds is 5. The van der Waals surface area contributed by atoms with Crippen molar-refractivity contribution < 1.29 is 18.7 Å². The van der Waals surface area contributed by atoms with Crippen LogP contribution in [0.15, 0.2) is 40.8 Å². The highest BCUT2D eigenvalue weighted by atomic mass is 19.1. The van der Waals surface area contributed by atoms with Crippen molar-refractivity contribution in [3.8, 4) is 22.6 Å². The third kappa shape index (κ3) is 3.43. The molecule has 2 aliphatic rings. The number of carbonyl (C=O) groups is 1. The van der Waals surface area contributed by atoms with E-state index in [4.69, 9.17) is 4.42 Å². The molecule has 2 aromatic carbocycles. The van der Waals surface area contributed by atoms with E-state index in [-0.39, 0.29) is 23.4 Å². The Morgan fingerprint density at radius 2 is 1.97 bits per heavy atom. The lowest BCUT2D eigenvalue weighted by atomic mass is 9.92. The van der Waals surface area contributed by atoms with E-state index in [0.717, 1.165) is 18.4 Å². The Bertz CT molecular complexity index is 1180. The van der Waals surface area contributed by atoms with Gasteiger partial charge >= 0.3 is 0 Å². The molecule has 1 aromatic heterocycles. The van der Waals surface area contributed by atoms with Crippen LogP contribution in [0.5, 0.6) is 0 Å². The van der Waals surface area contributed by atoms with E-state index in [9.17, 15) is 14.3 Å². The summed E-state index contributed by atoms with van der Waals surface area (Å²) < 4.78 is 20.2. The van der Waals surface area contributed by atoms with Crippen molar-refractivity contribution in [2.75, 3.05) is 0 Å². The molecule has 6 nitrogen and oxygen atoms in total. The first-order chi connectivity index (χ1) is 14.7. The fraction of sp³-hybridized carbons (Fsp3) is 0.375. The van der Waals surface area contributed by atoms with Crippen molar-refractivity contribution in [1.82, 2.24) is 15.1 Å². The van der Waals surface area contributed by atoms with Gasteiger partial charge in [-0.05, 0) is 61.4 Å². The molecule has 3 aromatic rings. The summed E-state index contributed by atoms with van der Waals surface area (Å²) in [5.41, 5.74) is 2.00. The van der Waals surface area contributed by atoms with Crippen LogP contribution < -0.4 is 0 Å². The zero-order chi connectivity index (χ0) is 21.9. The fourth-order valence-corrected chi connectivity index (χ4v) is 4.73. The van der Waals surface area contributed by atoms with E-state index in [1.165, 1.54) is 6.07 Å². The second-order valence-corrected chi connectivity index (χ2v) is 9.03. The lowest BCUT2D eigenvalue weighted by Crippen LogP contribution is -2.51. The molecule has 1 unspecified atom stereocenters. The summed E-state index contributed by atoms with van der Waals surface area (Å²) in [5, 5.41) is 18.4. The highest BCUT2D eigenvalue weighted by molar-refractivity contribution is 6.04. The fourth-order valence-electron chi connectivity index (χ4n) is 4.73. The number of benzene rings is 2. The van der Waals surface area contributed by atoms with E-state index < -0.39 is 11.4 Å². The molecule has 1 aliphatic carbocycles. The Labute approximate surface area is 179 Å². The topological polar surface area (TPSA) is 79.5 Å². The number of fused-ring (bicyclic) bond motifs is 1. The molecule has 0 spiro atoms. The summed E-state index contributed by atoms with van der Waals surface area (Å²) >= 11 is 0. The van der Waals surface area contributed by atoms with Crippen LogP contribution >= 0.6 is 0 Å². The lowest BCUT2D eigenvalue weighted by Gasteiger charge is -2.37. The van der Waals surface area contributed by atoms with Crippen molar-refractivity contribution >= 4 is 5.91 Å². The van der Waals surface area contributed by atoms with E-state index in [1.807, 2.05) is 18.2 Å². The lowest BCUT2D eigenvalue weighted by molar-refractivity contribution is -0.0224. The van der Waals surface area contributed by atoms with Gasteiger partial charge in [-0.25, -0.2) is 4.39 Å². The van der Waals surface area contributed by atoms with Gasteiger partial charge in [-0.1, -0.05) is 24.3 Å². The highest BCUT2D eigenvalue weighted by Gasteiger charge is 2.48. The largest absolute Gasteiger partial charge is 0.421 e. The van der Waals surface area contributed by atoms with Crippen LogP contribution in [0.25, 0.3) is 22.6 Å². The monoisotopic (exact) mass is 421 g/mol. The SMILES string of the molecule is Cc1nnc(-c2ccc(-c3cccc4c3C(=O)N(C(C3CC3)C(C)(C)O)C4)cc2F)o1. The van der Waals surface area contributed by atoms with Crippen molar-refractivity contribution in [3.05, 3.63) is 59.2 Å².